The summed E-state index contributed by atoms with van der Waals surface area (Å²) in [5.74, 6) is 0.545. The van der Waals surface area contributed by atoms with Crippen LogP contribution >= 0.6 is 11.8 Å². The molecule has 0 spiro atoms. The van der Waals surface area contributed by atoms with Gasteiger partial charge in [-0.25, -0.2) is 4.98 Å². The number of pyridine rings is 1. The van der Waals surface area contributed by atoms with Crippen molar-refractivity contribution in [2.24, 2.45) is 5.92 Å². The van der Waals surface area contributed by atoms with Crippen molar-refractivity contribution in [2.75, 3.05) is 25.9 Å². The van der Waals surface area contributed by atoms with Crippen LogP contribution in [-0.4, -0.2) is 47.7 Å². The second-order valence-corrected chi connectivity index (χ2v) is 6.87. The summed E-state index contributed by atoms with van der Waals surface area (Å²) in [6, 6.07) is 3.95. The zero-order valence-corrected chi connectivity index (χ0v) is 13.4. The third kappa shape index (κ3) is 2.40. The van der Waals surface area contributed by atoms with Gasteiger partial charge in [0.2, 0.25) is 0 Å². The Morgan fingerprint density at radius 1 is 1.45 bits per heavy atom. The summed E-state index contributed by atoms with van der Waals surface area (Å²) in [7, 11) is 0. The second kappa shape index (κ2) is 5.59. The Morgan fingerprint density at radius 2 is 2.27 bits per heavy atom. The SMILES string of the molecule is CSc1nc(C(=O)N[C@H]2CN3CCC2CC3)cc2ccoc12. The van der Waals surface area contributed by atoms with E-state index >= 15 is 0 Å². The number of furan rings is 1. The average Bonchev–Trinajstić information content (AvgIpc) is 3.03. The molecule has 116 valence electrons. The lowest BCUT2D eigenvalue weighted by Gasteiger charge is -2.44. The van der Waals surface area contributed by atoms with Gasteiger partial charge in [-0.05, 0) is 50.2 Å². The number of nitrogens with one attached hydrogen (secondary N) is 1. The molecule has 1 amide bonds. The van der Waals surface area contributed by atoms with Crippen molar-refractivity contribution in [3.8, 4) is 0 Å². The standard InChI is InChI=1S/C16H19N3O2S/c1-22-16-14-11(4-7-21-14)8-12(18-16)15(20)17-13-9-19-5-2-10(13)3-6-19/h4,7-8,10,13H,2-3,5-6,9H2,1H3,(H,17,20)/t13-/m0/s1. The van der Waals surface area contributed by atoms with E-state index in [0.717, 1.165) is 22.5 Å². The Morgan fingerprint density at radius 3 is 2.95 bits per heavy atom. The fourth-order valence-electron chi connectivity index (χ4n) is 3.57. The van der Waals surface area contributed by atoms with Crippen LogP contribution in [0.1, 0.15) is 23.3 Å². The maximum atomic E-state index is 12.6. The Labute approximate surface area is 133 Å². The summed E-state index contributed by atoms with van der Waals surface area (Å²) in [5, 5.41) is 4.89. The zero-order chi connectivity index (χ0) is 15.1. The minimum absolute atomic E-state index is 0.0721. The molecule has 3 aliphatic heterocycles. The van der Waals surface area contributed by atoms with E-state index in [0.29, 0.717) is 11.6 Å². The highest BCUT2D eigenvalue weighted by Crippen LogP contribution is 2.29. The first kappa shape index (κ1) is 14.1. The van der Waals surface area contributed by atoms with Gasteiger partial charge < -0.3 is 14.6 Å². The maximum absolute atomic E-state index is 12.6. The first-order chi connectivity index (χ1) is 10.7. The van der Waals surface area contributed by atoms with Crippen LogP contribution in [0, 0.1) is 5.92 Å². The highest BCUT2D eigenvalue weighted by atomic mass is 32.2. The van der Waals surface area contributed by atoms with Gasteiger partial charge in [0.15, 0.2) is 5.58 Å². The van der Waals surface area contributed by atoms with E-state index in [1.165, 1.54) is 37.7 Å². The number of nitrogens with zero attached hydrogens (tertiary/aromatic N) is 2. The number of piperidine rings is 3. The number of hydrogen-bond donors (Lipinski definition) is 1. The monoisotopic (exact) mass is 317 g/mol. The van der Waals surface area contributed by atoms with E-state index in [2.05, 4.69) is 15.2 Å². The first-order valence-corrected chi connectivity index (χ1v) is 8.92. The van der Waals surface area contributed by atoms with Gasteiger partial charge in [-0.15, -0.1) is 11.8 Å². The van der Waals surface area contributed by atoms with Gasteiger partial charge >= 0.3 is 0 Å². The molecule has 6 heteroatoms. The van der Waals surface area contributed by atoms with Gasteiger partial charge in [-0.2, -0.15) is 0 Å². The predicted octanol–water partition coefficient (Wildman–Crippen LogP) is 2.37. The number of carbonyl (C=O) groups is 1. The molecule has 2 bridgehead atoms. The van der Waals surface area contributed by atoms with E-state index in [4.69, 9.17) is 4.42 Å². The van der Waals surface area contributed by atoms with Crippen molar-refractivity contribution in [1.82, 2.24) is 15.2 Å². The number of aromatic nitrogens is 1. The Balaban J connectivity index is 1.57. The molecule has 3 fully saturated rings. The van der Waals surface area contributed by atoms with Crippen molar-refractivity contribution in [3.05, 3.63) is 24.1 Å². The van der Waals surface area contributed by atoms with Crippen LogP contribution in [0.4, 0.5) is 0 Å². The van der Waals surface area contributed by atoms with E-state index in [-0.39, 0.29) is 11.9 Å². The van der Waals surface area contributed by atoms with Crippen LogP contribution in [0.3, 0.4) is 0 Å². The van der Waals surface area contributed by atoms with E-state index in [1.807, 2.05) is 18.4 Å². The molecule has 0 aromatic carbocycles. The van der Waals surface area contributed by atoms with Gasteiger partial charge in [-0.3, -0.25) is 4.79 Å². The predicted molar refractivity (Wildman–Crippen MR) is 86.2 cm³/mol. The summed E-state index contributed by atoms with van der Waals surface area (Å²) in [6.45, 7) is 3.32. The molecule has 0 aliphatic carbocycles. The van der Waals surface area contributed by atoms with E-state index in [1.54, 1.807) is 6.26 Å². The molecule has 2 aromatic rings. The Bertz CT molecular complexity index is 706. The number of carbonyl (C=O) groups excluding carboxylic acids is 1. The van der Waals surface area contributed by atoms with Gasteiger partial charge in [0.05, 0.1) is 6.26 Å². The molecule has 1 atom stereocenters. The largest absolute Gasteiger partial charge is 0.461 e. The molecule has 3 saturated heterocycles. The quantitative estimate of drug-likeness (QED) is 0.881. The highest BCUT2D eigenvalue weighted by Gasteiger charge is 2.35. The number of rotatable bonds is 3. The van der Waals surface area contributed by atoms with E-state index < -0.39 is 0 Å². The van der Waals surface area contributed by atoms with Crippen molar-refractivity contribution in [3.63, 3.8) is 0 Å². The number of fused-ring (bicyclic) bond motifs is 4. The summed E-state index contributed by atoms with van der Waals surface area (Å²) in [5.41, 5.74) is 1.24. The summed E-state index contributed by atoms with van der Waals surface area (Å²) < 4.78 is 5.44. The molecule has 0 unspecified atom stereocenters. The van der Waals surface area contributed by atoms with Crippen LogP contribution in [0.15, 0.2) is 27.8 Å². The second-order valence-electron chi connectivity index (χ2n) is 6.07. The lowest BCUT2D eigenvalue weighted by atomic mass is 9.84. The maximum Gasteiger partial charge on any atom is 0.270 e. The van der Waals surface area contributed by atoms with Crippen LogP contribution in [0.25, 0.3) is 11.0 Å². The molecule has 3 aliphatic rings. The van der Waals surface area contributed by atoms with Gasteiger partial charge in [0, 0.05) is 18.0 Å². The number of thioether (sulfide) groups is 1. The molecular formula is C16H19N3O2S. The lowest BCUT2D eigenvalue weighted by Crippen LogP contribution is -2.57. The summed E-state index contributed by atoms with van der Waals surface area (Å²) in [4.78, 5) is 19.5. The molecular weight excluding hydrogens is 298 g/mol. The smallest absolute Gasteiger partial charge is 0.270 e. The Kier molecular flexibility index (Phi) is 3.58. The molecule has 0 radical (unpaired) electrons. The van der Waals surface area contributed by atoms with Gasteiger partial charge in [0.25, 0.3) is 5.91 Å². The zero-order valence-electron chi connectivity index (χ0n) is 12.5. The lowest BCUT2D eigenvalue weighted by molar-refractivity contribution is 0.0617. The van der Waals surface area contributed by atoms with Gasteiger partial charge in [0.1, 0.15) is 10.7 Å². The minimum atomic E-state index is -0.0721. The van der Waals surface area contributed by atoms with Crippen molar-refractivity contribution in [1.29, 1.82) is 0 Å². The molecule has 22 heavy (non-hydrogen) atoms. The summed E-state index contributed by atoms with van der Waals surface area (Å²) in [6.07, 6.45) is 5.96. The molecule has 0 saturated carbocycles. The minimum Gasteiger partial charge on any atom is -0.461 e. The van der Waals surface area contributed by atoms with Crippen LogP contribution in [-0.2, 0) is 0 Å². The van der Waals surface area contributed by atoms with E-state index in [9.17, 15) is 4.79 Å². The molecule has 5 heterocycles. The highest BCUT2D eigenvalue weighted by molar-refractivity contribution is 7.98. The van der Waals surface area contributed by atoms with Gasteiger partial charge in [-0.1, -0.05) is 0 Å². The third-order valence-electron chi connectivity index (χ3n) is 4.80. The molecule has 5 rings (SSSR count). The fourth-order valence-corrected chi connectivity index (χ4v) is 4.11. The van der Waals surface area contributed by atoms with Crippen LogP contribution in [0.5, 0.6) is 0 Å². The number of amides is 1. The summed E-state index contributed by atoms with van der Waals surface area (Å²) >= 11 is 1.50. The number of hydrogen-bond acceptors (Lipinski definition) is 5. The van der Waals surface area contributed by atoms with Crippen molar-refractivity contribution >= 4 is 28.6 Å². The Hall–Kier alpha value is -1.53. The fraction of sp³-hybridized carbons (Fsp3) is 0.500. The normalized spacial score (nSPS) is 27.2. The van der Waals surface area contributed by atoms with Crippen LogP contribution < -0.4 is 5.32 Å². The van der Waals surface area contributed by atoms with Crippen molar-refractivity contribution < 1.29 is 9.21 Å². The third-order valence-corrected chi connectivity index (χ3v) is 5.47. The molecule has 2 aromatic heterocycles. The average molecular weight is 317 g/mol. The first-order valence-electron chi connectivity index (χ1n) is 7.70. The topological polar surface area (TPSA) is 58.4 Å². The van der Waals surface area contributed by atoms with Crippen LogP contribution in [0.2, 0.25) is 0 Å². The molecule has 5 nitrogen and oxygen atoms in total. The molecule has 1 N–H and O–H groups in total. The van der Waals surface area contributed by atoms with Crippen molar-refractivity contribution in [2.45, 2.75) is 23.9 Å².